The number of pyridine rings is 1. The summed E-state index contributed by atoms with van der Waals surface area (Å²) in [5.41, 5.74) is 2.18. The van der Waals surface area contributed by atoms with Gasteiger partial charge in [0, 0.05) is 18.1 Å². The molecule has 6 heteroatoms. The molecule has 0 radical (unpaired) electrons. The van der Waals surface area contributed by atoms with Crippen molar-refractivity contribution in [3.63, 3.8) is 0 Å². The van der Waals surface area contributed by atoms with E-state index in [0.29, 0.717) is 16.7 Å². The second-order valence-corrected chi connectivity index (χ2v) is 5.48. The number of fused-ring (bicyclic) bond motifs is 1. The molecular formula is C15H15BN2O3. The molecule has 2 N–H and O–H groups in total. The van der Waals surface area contributed by atoms with Crippen LogP contribution in [0.2, 0.25) is 0 Å². The molecule has 1 aliphatic heterocycles. The third kappa shape index (κ3) is 2.55. The van der Waals surface area contributed by atoms with Crippen LogP contribution in [0.4, 0.5) is 5.69 Å². The molecule has 2 heterocycles. The molecule has 0 atom stereocenters. The van der Waals surface area contributed by atoms with Crippen molar-refractivity contribution in [2.24, 2.45) is 0 Å². The van der Waals surface area contributed by atoms with Crippen LogP contribution >= 0.6 is 0 Å². The summed E-state index contributed by atoms with van der Waals surface area (Å²) in [4.78, 5) is 16.0. The Balaban J connectivity index is 1.86. The minimum atomic E-state index is -0.967. The maximum Gasteiger partial charge on any atom is 0.492 e. The Labute approximate surface area is 123 Å². The predicted octanol–water partition coefficient (Wildman–Crippen LogP) is 1.29. The van der Waals surface area contributed by atoms with Crippen LogP contribution in [0.25, 0.3) is 0 Å². The van der Waals surface area contributed by atoms with Crippen molar-refractivity contribution in [1.29, 1.82) is 0 Å². The molecule has 0 saturated carbocycles. The summed E-state index contributed by atoms with van der Waals surface area (Å²) < 4.78 is 5.50. The Bertz CT molecular complexity index is 689. The zero-order chi connectivity index (χ0) is 15.0. The van der Waals surface area contributed by atoms with Gasteiger partial charge in [-0.2, -0.15) is 0 Å². The highest BCUT2D eigenvalue weighted by Crippen LogP contribution is 2.30. The van der Waals surface area contributed by atoms with Crippen molar-refractivity contribution in [2.75, 3.05) is 5.32 Å². The maximum absolute atomic E-state index is 12.1. The van der Waals surface area contributed by atoms with Crippen LogP contribution in [-0.4, -0.2) is 23.0 Å². The number of nitrogens with one attached hydrogen (secondary N) is 1. The van der Waals surface area contributed by atoms with Gasteiger partial charge in [-0.15, -0.1) is 0 Å². The molecule has 106 valence electrons. The van der Waals surface area contributed by atoms with Gasteiger partial charge in [0.05, 0.1) is 11.2 Å². The standard InChI is InChI=1S/C15H15BN2O3/c1-15(2)12-6-5-11(8-13(12)16(20)21-15)18-14(19)10-4-3-7-17-9-10/h3-9,20H,1-2H3,(H,18,19). The number of benzene rings is 1. The van der Waals surface area contributed by atoms with Crippen LogP contribution in [0.15, 0.2) is 42.7 Å². The average Bonchev–Trinajstić information content (AvgIpc) is 2.69. The molecule has 0 bridgehead atoms. The highest BCUT2D eigenvalue weighted by molar-refractivity contribution is 6.62. The Kier molecular flexibility index (Phi) is 3.27. The van der Waals surface area contributed by atoms with E-state index < -0.39 is 12.7 Å². The number of aromatic nitrogens is 1. The Morgan fingerprint density at radius 1 is 1.38 bits per heavy atom. The highest BCUT2D eigenvalue weighted by Gasteiger charge is 2.40. The average molecular weight is 282 g/mol. The van der Waals surface area contributed by atoms with Gasteiger partial charge in [0.25, 0.3) is 5.91 Å². The van der Waals surface area contributed by atoms with E-state index in [4.69, 9.17) is 4.65 Å². The van der Waals surface area contributed by atoms with Crippen molar-refractivity contribution >= 4 is 24.2 Å². The minimum Gasteiger partial charge on any atom is -0.423 e. The van der Waals surface area contributed by atoms with Crippen LogP contribution in [0.5, 0.6) is 0 Å². The summed E-state index contributed by atoms with van der Waals surface area (Å²) in [6.07, 6.45) is 3.12. The predicted molar refractivity (Wildman–Crippen MR) is 80.4 cm³/mol. The monoisotopic (exact) mass is 282 g/mol. The molecule has 0 saturated heterocycles. The van der Waals surface area contributed by atoms with Crippen molar-refractivity contribution < 1.29 is 14.5 Å². The van der Waals surface area contributed by atoms with E-state index in [1.807, 2.05) is 19.9 Å². The number of carbonyl (C=O) groups excluding carboxylic acids is 1. The first kappa shape index (κ1) is 13.8. The summed E-state index contributed by atoms with van der Waals surface area (Å²) in [5, 5.41) is 12.7. The first-order chi connectivity index (χ1) is 9.97. The van der Waals surface area contributed by atoms with Crippen LogP contribution < -0.4 is 10.8 Å². The molecule has 3 rings (SSSR count). The first-order valence-electron chi connectivity index (χ1n) is 6.69. The van der Waals surface area contributed by atoms with E-state index in [9.17, 15) is 9.82 Å². The van der Waals surface area contributed by atoms with E-state index in [2.05, 4.69) is 10.3 Å². The number of hydrogen-bond donors (Lipinski definition) is 2. The van der Waals surface area contributed by atoms with Gasteiger partial charge < -0.3 is 15.0 Å². The van der Waals surface area contributed by atoms with Crippen LogP contribution in [0.3, 0.4) is 0 Å². The Morgan fingerprint density at radius 2 is 2.19 bits per heavy atom. The molecule has 1 amide bonds. The van der Waals surface area contributed by atoms with Crippen molar-refractivity contribution in [3.8, 4) is 0 Å². The Morgan fingerprint density at radius 3 is 2.90 bits per heavy atom. The van der Waals surface area contributed by atoms with Crippen molar-refractivity contribution in [1.82, 2.24) is 4.98 Å². The summed E-state index contributed by atoms with van der Waals surface area (Å²) in [5.74, 6) is -0.240. The number of anilines is 1. The lowest BCUT2D eigenvalue weighted by Gasteiger charge is -2.19. The van der Waals surface area contributed by atoms with Gasteiger partial charge in [0.2, 0.25) is 0 Å². The SMILES string of the molecule is CC1(C)OB(O)c2cc(NC(=O)c3cccnc3)ccc21. The van der Waals surface area contributed by atoms with Gasteiger partial charge in [-0.3, -0.25) is 9.78 Å². The molecule has 1 aromatic carbocycles. The zero-order valence-electron chi connectivity index (χ0n) is 11.8. The normalized spacial score (nSPS) is 15.7. The van der Waals surface area contributed by atoms with Gasteiger partial charge >= 0.3 is 7.12 Å². The van der Waals surface area contributed by atoms with Gasteiger partial charge in [0.15, 0.2) is 0 Å². The molecule has 5 nitrogen and oxygen atoms in total. The number of carbonyl (C=O) groups is 1. The quantitative estimate of drug-likeness (QED) is 0.814. The first-order valence-corrected chi connectivity index (χ1v) is 6.69. The minimum absolute atomic E-state index is 0.240. The zero-order valence-corrected chi connectivity index (χ0v) is 11.8. The highest BCUT2D eigenvalue weighted by atomic mass is 16.5. The van der Waals surface area contributed by atoms with Crippen LogP contribution in [0.1, 0.15) is 29.8 Å². The largest absolute Gasteiger partial charge is 0.492 e. The Hall–Kier alpha value is -2.18. The van der Waals surface area contributed by atoms with Crippen molar-refractivity contribution in [2.45, 2.75) is 19.4 Å². The lowest BCUT2D eigenvalue weighted by atomic mass is 9.78. The number of hydrogen-bond acceptors (Lipinski definition) is 4. The van der Waals surface area contributed by atoms with Crippen LogP contribution in [0, 0.1) is 0 Å². The fourth-order valence-corrected chi connectivity index (χ4v) is 2.50. The van der Waals surface area contributed by atoms with E-state index in [0.717, 1.165) is 5.56 Å². The molecule has 2 aromatic rings. The molecule has 1 aliphatic rings. The molecule has 0 spiro atoms. The third-order valence-corrected chi connectivity index (χ3v) is 3.55. The molecule has 21 heavy (non-hydrogen) atoms. The molecule has 0 aliphatic carbocycles. The smallest absolute Gasteiger partial charge is 0.423 e. The van der Waals surface area contributed by atoms with E-state index >= 15 is 0 Å². The fraction of sp³-hybridized carbons (Fsp3) is 0.200. The summed E-state index contributed by atoms with van der Waals surface area (Å²) in [6.45, 7) is 3.80. The number of rotatable bonds is 2. The maximum atomic E-state index is 12.1. The molecular weight excluding hydrogens is 267 g/mol. The summed E-state index contributed by atoms with van der Waals surface area (Å²) in [7, 11) is -0.967. The molecule has 1 aromatic heterocycles. The lowest BCUT2D eigenvalue weighted by molar-refractivity contribution is 0.100. The summed E-state index contributed by atoms with van der Waals surface area (Å²) in [6, 6.07) is 8.80. The molecule has 0 unspecified atom stereocenters. The van der Waals surface area contributed by atoms with Crippen molar-refractivity contribution in [3.05, 3.63) is 53.9 Å². The lowest BCUT2D eigenvalue weighted by Crippen LogP contribution is -2.29. The van der Waals surface area contributed by atoms with E-state index in [1.165, 1.54) is 6.20 Å². The van der Waals surface area contributed by atoms with Crippen LogP contribution in [-0.2, 0) is 10.3 Å². The number of nitrogens with zero attached hydrogens (tertiary/aromatic N) is 1. The van der Waals surface area contributed by atoms with E-state index in [1.54, 1.807) is 30.5 Å². The van der Waals surface area contributed by atoms with Gasteiger partial charge in [-0.25, -0.2) is 0 Å². The second-order valence-electron chi connectivity index (χ2n) is 5.48. The number of amides is 1. The van der Waals surface area contributed by atoms with Gasteiger partial charge in [-0.1, -0.05) is 6.07 Å². The second kappa shape index (κ2) is 4.98. The van der Waals surface area contributed by atoms with Gasteiger partial charge in [-0.05, 0) is 49.1 Å². The topological polar surface area (TPSA) is 71.5 Å². The summed E-state index contributed by atoms with van der Waals surface area (Å²) >= 11 is 0. The van der Waals surface area contributed by atoms with Gasteiger partial charge in [0.1, 0.15) is 0 Å². The van der Waals surface area contributed by atoms with E-state index in [-0.39, 0.29) is 5.91 Å². The fourth-order valence-electron chi connectivity index (χ4n) is 2.50. The third-order valence-electron chi connectivity index (χ3n) is 3.55. The molecule has 0 fully saturated rings.